The number of alkyl halides is 3. The molecule has 0 heterocycles. The zero-order valence-corrected chi connectivity index (χ0v) is 20.6. The monoisotopic (exact) mass is 542 g/mol. The van der Waals surface area contributed by atoms with Crippen LogP contribution in [0.5, 0.6) is 5.75 Å². The van der Waals surface area contributed by atoms with E-state index in [0.29, 0.717) is 11.1 Å². The number of urea groups is 1. The number of hydrogen-bond acceptors (Lipinski definition) is 6. The number of nitrogens with one attached hydrogen (secondary N) is 2. The molecule has 0 saturated heterocycles. The standard InChI is InChI=1S/C23H21F3N2O6S2/c1-15-6-9-19(28-22(29)27-18-5-3-4-17(12-18)23(24,25)26)13-21(15)36(32,33)14-16-7-10-20(11-8-16)34-35(2,30)31/h3-13H,14H2,1-2H3,(H2,27,28,29). The lowest BCUT2D eigenvalue weighted by Crippen LogP contribution is -2.20. The van der Waals surface area contributed by atoms with Gasteiger partial charge in [-0.1, -0.05) is 24.3 Å². The maximum absolute atomic E-state index is 13.0. The summed E-state index contributed by atoms with van der Waals surface area (Å²) in [6.45, 7) is 1.57. The Kier molecular flexibility index (Phi) is 7.65. The van der Waals surface area contributed by atoms with Crippen molar-refractivity contribution in [1.82, 2.24) is 0 Å². The smallest absolute Gasteiger partial charge is 0.383 e. The Labute approximate surface area is 206 Å². The number of halogens is 3. The zero-order valence-electron chi connectivity index (χ0n) is 19.0. The van der Waals surface area contributed by atoms with E-state index in [9.17, 15) is 34.8 Å². The first kappa shape index (κ1) is 27.0. The molecule has 0 spiro atoms. The number of rotatable bonds is 7. The highest BCUT2D eigenvalue weighted by atomic mass is 32.2. The molecule has 0 aliphatic heterocycles. The molecule has 0 radical (unpaired) electrons. The van der Waals surface area contributed by atoms with Gasteiger partial charge in [0, 0.05) is 11.4 Å². The summed E-state index contributed by atoms with van der Waals surface area (Å²) in [5.41, 5.74) is -0.127. The third-order valence-electron chi connectivity index (χ3n) is 4.76. The molecule has 0 aromatic heterocycles. The Bertz CT molecular complexity index is 1490. The van der Waals surface area contributed by atoms with Crippen LogP contribution in [0, 0.1) is 6.92 Å². The van der Waals surface area contributed by atoms with Crippen LogP contribution in [-0.4, -0.2) is 29.1 Å². The first-order valence-corrected chi connectivity index (χ1v) is 13.7. The van der Waals surface area contributed by atoms with Crippen LogP contribution in [-0.2, 0) is 31.9 Å². The number of anilines is 2. The molecule has 2 N–H and O–H groups in total. The highest BCUT2D eigenvalue weighted by molar-refractivity contribution is 7.90. The Hall–Kier alpha value is -3.58. The second-order valence-electron chi connectivity index (χ2n) is 7.83. The minimum atomic E-state index is -4.57. The van der Waals surface area contributed by atoms with Crippen molar-refractivity contribution in [3.05, 3.63) is 83.4 Å². The van der Waals surface area contributed by atoms with Crippen LogP contribution >= 0.6 is 0 Å². The van der Waals surface area contributed by atoms with Crippen molar-refractivity contribution < 1.29 is 39.0 Å². The van der Waals surface area contributed by atoms with Crippen molar-refractivity contribution >= 4 is 37.4 Å². The van der Waals surface area contributed by atoms with Gasteiger partial charge in [0.25, 0.3) is 0 Å². The van der Waals surface area contributed by atoms with Gasteiger partial charge in [0.15, 0.2) is 9.84 Å². The fraction of sp³-hybridized carbons (Fsp3) is 0.174. The highest BCUT2D eigenvalue weighted by Crippen LogP contribution is 2.31. The SMILES string of the molecule is Cc1ccc(NC(=O)Nc2cccc(C(F)(F)F)c2)cc1S(=O)(=O)Cc1ccc(OS(C)(=O)=O)cc1. The number of sulfone groups is 1. The predicted molar refractivity (Wildman–Crippen MR) is 128 cm³/mol. The average molecular weight is 543 g/mol. The second kappa shape index (κ2) is 10.2. The van der Waals surface area contributed by atoms with Gasteiger partial charge in [-0.25, -0.2) is 13.2 Å². The van der Waals surface area contributed by atoms with Crippen molar-refractivity contribution in [2.75, 3.05) is 16.9 Å². The normalized spacial score (nSPS) is 12.1. The van der Waals surface area contributed by atoms with Crippen molar-refractivity contribution in [2.45, 2.75) is 23.7 Å². The third kappa shape index (κ3) is 7.46. The van der Waals surface area contributed by atoms with Crippen LogP contribution in [0.25, 0.3) is 0 Å². The van der Waals surface area contributed by atoms with Gasteiger partial charge in [-0.05, 0) is 60.5 Å². The van der Waals surface area contributed by atoms with E-state index in [4.69, 9.17) is 4.18 Å². The van der Waals surface area contributed by atoms with Crippen molar-refractivity contribution in [3.8, 4) is 5.75 Å². The quantitative estimate of drug-likeness (QED) is 0.407. The van der Waals surface area contributed by atoms with E-state index >= 15 is 0 Å². The minimum Gasteiger partial charge on any atom is -0.383 e. The Morgan fingerprint density at radius 3 is 2.08 bits per heavy atom. The van der Waals surface area contributed by atoms with Gasteiger partial charge in [-0.2, -0.15) is 21.6 Å². The summed E-state index contributed by atoms with van der Waals surface area (Å²) in [7, 11) is -7.61. The maximum atomic E-state index is 13.0. The number of aryl methyl sites for hydroxylation is 1. The lowest BCUT2D eigenvalue weighted by atomic mass is 10.2. The summed E-state index contributed by atoms with van der Waals surface area (Å²) in [6, 6.07) is 12.9. The van der Waals surface area contributed by atoms with Crippen LogP contribution in [0.4, 0.5) is 29.3 Å². The summed E-state index contributed by atoms with van der Waals surface area (Å²) in [6.07, 6.45) is -3.69. The van der Waals surface area contributed by atoms with Crippen molar-refractivity contribution in [1.29, 1.82) is 0 Å². The Morgan fingerprint density at radius 1 is 0.889 bits per heavy atom. The van der Waals surface area contributed by atoms with Gasteiger partial charge in [-0.3, -0.25) is 0 Å². The van der Waals surface area contributed by atoms with E-state index in [-0.39, 0.29) is 22.0 Å². The number of benzene rings is 3. The Morgan fingerprint density at radius 2 is 1.50 bits per heavy atom. The van der Waals surface area contributed by atoms with Gasteiger partial charge in [0.2, 0.25) is 0 Å². The molecule has 192 valence electrons. The lowest BCUT2D eigenvalue weighted by molar-refractivity contribution is -0.137. The van der Waals surface area contributed by atoms with Crippen LogP contribution in [0.2, 0.25) is 0 Å². The van der Waals surface area contributed by atoms with Gasteiger partial charge >= 0.3 is 22.3 Å². The third-order valence-corrected chi connectivity index (χ3v) is 7.08. The largest absolute Gasteiger partial charge is 0.416 e. The van der Waals surface area contributed by atoms with E-state index in [1.54, 1.807) is 6.92 Å². The van der Waals surface area contributed by atoms with E-state index in [1.165, 1.54) is 48.5 Å². The topological polar surface area (TPSA) is 119 Å². The molecule has 2 amide bonds. The number of hydrogen-bond donors (Lipinski definition) is 2. The molecular weight excluding hydrogens is 521 g/mol. The zero-order chi connectivity index (χ0) is 26.7. The second-order valence-corrected chi connectivity index (χ2v) is 11.4. The summed E-state index contributed by atoms with van der Waals surface area (Å²) >= 11 is 0. The fourth-order valence-corrected chi connectivity index (χ4v) is 5.31. The molecule has 0 fully saturated rings. The van der Waals surface area contributed by atoms with E-state index in [0.717, 1.165) is 24.5 Å². The number of amides is 2. The minimum absolute atomic E-state index is 0.0350. The molecule has 0 atom stereocenters. The van der Waals surface area contributed by atoms with Crippen LogP contribution in [0.15, 0.2) is 71.6 Å². The summed E-state index contributed by atoms with van der Waals surface area (Å²) in [5.74, 6) is -0.375. The van der Waals surface area contributed by atoms with Crippen molar-refractivity contribution in [2.24, 2.45) is 0 Å². The molecule has 3 aromatic rings. The maximum Gasteiger partial charge on any atom is 0.416 e. The lowest BCUT2D eigenvalue weighted by Gasteiger charge is -2.13. The van der Waals surface area contributed by atoms with Gasteiger partial charge in [0.05, 0.1) is 22.5 Å². The van der Waals surface area contributed by atoms with E-state index in [2.05, 4.69) is 10.6 Å². The average Bonchev–Trinajstić information content (AvgIpc) is 2.75. The van der Waals surface area contributed by atoms with Gasteiger partial charge in [0.1, 0.15) is 5.75 Å². The van der Waals surface area contributed by atoms with Gasteiger partial charge < -0.3 is 14.8 Å². The molecule has 36 heavy (non-hydrogen) atoms. The van der Waals surface area contributed by atoms with Crippen LogP contribution in [0.1, 0.15) is 16.7 Å². The summed E-state index contributed by atoms with van der Waals surface area (Å²) in [4.78, 5) is 12.2. The fourth-order valence-electron chi connectivity index (χ4n) is 3.19. The molecule has 0 aliphatic carbocycles. The molecule has 3 aromatic carbocycles. The van der Waals surface area contributed by atoms with E-state index < -0.39 is 43.5 Å². The molecular formula is C23H21F3N2O6S2. The molecule has 0 aliphatic rings. The molecule has 0 unspecified atom stereocenters. The van der Waals surface area contributed by atoms with Crippen LogP contribution < -0.4 is 14.8 Å². The number of carbonyl (C=O) groups excluding carboxylic acids is 1. The Balaban J connectivity index is 1.74. The first-order valence-electron chi connectivity index (χ1n) is 10.2. The van der Waals surface area contributed by atoms with Crippen LogP contribution in [0.3, 0.4) is 0 Å². The molecule has 3 rings (SSSR count). The highest BCUT2D eigenvalue weighted by Gasteiger charge is 2.30. The van der Waals surface area contributed by atoms with Gasteiger partial charge in [-0.15, -0.1) is 0 Å². The summed E-state index contributed by atoms with van der Waals surface area (Å²) < 4.78 is 91.8. The molecule has 0 bridgehead atoms. The molecule has 0 saturated carbocycles. The van der Waals surface area contributed by atoms with Crippen molar-refractivity contribution in [3.63, 3.8) is 0 Å². The first-order chi connectivity index (χ1) is 16.6. The number of carbonyl (C=O) groups is 1. The molecule has 8 nitrogen and oxygen atoms in total. The predicted octanol–water partition coefficient (Wildman–Crippen LogP) is 4.97. The molecule has 13 heteroatoms. The summed E-state index contributed by atoms with van der Waals surface area (Å²) in [5, 5.41) is 4.69. The van der Waals surface area contributed by atoms with E-state index in [1.807, 2.05) is 0 Å².